The summed E-state index contributed by atoms with van der Waals surface area (Å²) < 4.78 is 5.85. The van der Waals surface area contributed by atoms with Crippen LogP contribution >= 0.6 is 0 Å². The van der Waals surface area contributed by atoms with Gasteiger partial charge < -0.3 is 15.0 Å². The van der Waals surface area contributed by atoms with Crippen LogP contribution in [0.5, 0.6) is 0 Å². The Morgan fingerprint density at radius 1 is 1.17 bits per heavy atom. The first-order chi connectivity index (χ1) is 11.7. The number of morpholine rings is 1. The minimum Gasteiger partial charge on any atom is -0.374 e. The first-order valence-electron chi connectivity index (χ1n) is 8.49. The maximum Gasteiger partial charge on any atom is 0.251 e. The fourth-order valence-electron chi connectivity index (χ4n) is 3.04. The second-order valence-electron chi connectivity index (χ2n) is 6.13. The Balaban J connectivity index is 1.48. The molecule has 0 bridgehead atoms. The second-order valence-corrected chi connectivity index (χ2v) is 6.13. The molecule has 0 radical (unpaired) electrons. The molecule has 3 rings (SSSR count). The third-order valence-electron chi connectivity index (χ3n) is 4.40. The molecule has 1 heterocycles. The number of rotatable bonds is 5. The quantitative estimate of drug-likeness (QED) is 0.919. The lowest BCUT2D eigenvalue weighted by Gasteiger charge is -2.34. The lowest BCUT2D eigenvalue weighted by atomic mass is 10.1. The lowest BCUT2D eigenvalue weighted by molar-refractivity contribution is 0.0354. The topological polar surface area (TPSA) is 41.6 Å². The predicted octanol–water partition coefficient (Wildman–Crippen LogP) is 3.02. The highest BCUT2D eigenvalue weighted by molar-refractivity contribution is 5.95. The molecule has 0 saturated carbocycles. The van der Waals surface area contributed by atoms with Gasteiger partial charge in [0.15, 0.2) is 0 Å². The van der Waals surface area contributed by atoms with Crippen LogP contribution in [0.3, 0.4) is 0 Å². The number of para-hydroxylation sites is 1. The van der Waals surface area contributed by atoms with Crippen molar-refractivity contribution < 1.29 is 9.53 Å². The molecule has 0 aromatic heterocycles. The molecule has 1 aliphatic rings. The normalized spacial score (nSPS) is 17.5. The minimum atomic E-state index is -0.0103. The molecule has 1 aliphatic heterocycles. The number of hydrogen-bond acceptors (Lipinski definition) is 3. The molecule has 126 valence electrons. The van der Waals surface area contributed by atoms with Gasteiger partial charge in [-0.25, -0.2) is 0 Å². The summed E-state index contributed by atoms with van der Waals surface area (Å²) in [5.74, 6) is -0.0103. The molecule has 1 N–H and O–H groups in total. The van der Waals surface area contributed by atoms with Gasteiger partial charge in [-0.1, -0.05) is 36.4 Å². The van der Waals surface area contributed by atoms with E-state index in [2.05, 4.69) is 34.5 Å². The first kappa shape index (κ1) is 16.5. The zero-order chi connectivity index (χ0) is 16.8. The van der Waals surface area contributed by atoms with Gasteiger partial charge in [-0.3, -0.25) is 4.79 Å². The van der Waals surface area contributed by atoms with Crippen molar-refractivity contribution in [1.29, 1.82) is 0 Å². The lowest BCUT2D eigenvalue weighted by Crippen LogP contribution is -2.43. The minimum absolute atomic E-state index is 0.0103. The number of nitrogens with one attached hydrogen (secondary N) is 1. The van der Waals surface area contributed by atoms with Crippen molar-refractivity contribution in [2.24, 2.45) is 0 Å². The maximum absolute atomic E-state index is 12.2. The van der Waals surface area contributed by atoms with E-state index < -0.39 is 0 Å². The van der Waals surface area contributed by atoms with Gasteiger partial charge in [0.05, 0.1) is 12.7 Å². The number of ether oxygens (including phenoxy) is 1. The summed E-state index contributed by atoms with van der Waals surface area (Å²) in [7, 11) is 0. The van der Waals surface area contributed by atoms with Crippen LogP contribution in [0.25, 0.3) is 0 Å². The smallest absolute Gasteiger partial charge is 0.251 e. The molecule has 4 heteroatoms. The number of hydrogen-bond donors (Lipinski definition) is 1. The zero-order valence-corrected chi connectivity index (χ0v) is 14.1. The molecule has 1 atom stereocenters. The Kier molecular flexibility index (Phi) is 5.49. The fraction of sp³-hybridized carbons (Fsp3) is 0.350. The van der Waals surface area contributed by atoms with Gasteiger partial charge in [0.2, 0.25) is 0 Å². The Hall–Kier alpha value is -2.33. The number of benzene rings is 2. The summed E-state index contributed by atoms with van der Waals surface area (Å²) >= 11 is 0. The van der Waals surface area contributed by atoms with Crippen molar-refractivity contribution in [2.45, 2.75) is 19.4 Å². The third kappa shape index (κ3) is 4.15. The zero-order valence-electron chi connectivity index (χ0n) is 14.1. The molecule has 2 aromatic carbocycles. The second kappa shape index (κ2) is 7.97. The summed E-state index contributed by atoms with van der Waals surface area (Å²) in [6.07, 6.45) is 0.970. The Labute approximate surface area is 143 Å². The van der Waals surface area contributed by atoms with E-state index in [4.69, 9.17) is 4.74 Å². The molecule has 24 heavy (non-hydrogen) atoms. The van der Waals surface area contributed by atoms with Crippen molar-refractivity contribution >= 4 is 11.6 Å². The van der Waals surface area contributed by atoms with Crippen LogP contribution in [0.1, 0.15) is 22.3 Å². The predicted molar refractivity (Wildman–Crippen MR) is 96.5 cm³/mol. The summed E-state index contributed by atoms with van der Waals surface area (Å²) in [6.45, 7) is 5.09. The number of carbonyl (C=O) groups excluding carboxylic acids is 1. The standard InChI is InChI=1S/C20H24N2O2/c1-16-7-5-6-10-19(16)20(23)21-12-11-18-15-22(13-14-24-18)17-8-3-2-4-9-17/h2-10,18H,11-15H2,1H3,(H,21,23). The Morgan fingerprint density at radius 2 is 1.92 bits per heavy atom. The largest absolute Gasteiger partial charge is 0.374 e. The van der Waals surface area contributed by atoms with E-state index in [0.29, 0.717) is 6.54 Å². The number of anilines is 1. The number of amides is 1. The third-order valence-corrected chi connectivity index (χ3v) is 4.40. The van der Waals surface area contributed by atoms with Crippen LogP contribution in [-0.2, 0) is 4.74 Å². The summed E-state index contributed by atoms with van der Waals surface area (Å²) in [4.78, 5) is 14.6. The van der Waals surface area contributed by atoms with E-state index >= 15 is 0 Å². The fourth-order valence-corrected chi connectivity index (χ4v) is 3.04. The van der Waals surface area contributed by atoms with E-state index in [0.717, 1.165) is 37.2 Å². The van der Waals surface area contributed by atoms with Crippen molar-refractivity contribution in [1.82, 2.24) is 5.32 Å². The molecular weight excluding hydrogens is 300 g/mol. The first-order valence-corrected chi connectivity index (χ1v) is 8.49. The van der Waals surface area contributed by atoms with Gasteiger partial charge in [0, 0.05) is 30.9 Å². The Bertz CT molecular complexity index is 672. The van der Waals surface area contributed by atoms with Crippen molar-refractivity contribution in [3.05, 3.63) is 65.7 Å². The molecule has 0 aliphatic carbocycles. The van der Waals surface area contributed by atoms with Crippen LogP contribution in [0.2, 0.25) is 0 Å². The van der Waals surface area contributed by atoms with Crippen molar-refractivity contribution in [2.75, 3.05) is 31.1 Å². The van der Waals surface area contributed by atoms with Gasteiger partial charge in [-0.2, -0.15) is 0 Å². The van der Waals surface area contributed by atoms with E-state index in [-0.39, 0.29) is 12.0 Å². The maximum atomic E-state index is 12.2. The average molecular weight is 324 g/mol. The molecule has 1 amide bonds. The van der Waals surface area contributed by atoms with E-state index in [1.54, 1.807) is 0 Å². The number of nitrogens with zero attached hydrogens (tertiary/aromatic N) is 1. The summed E-state index contributed by atoms with van der Waals surface area (Å²) in [5, 5.41) is 3.00. The van der Waals surface area contributed by atoms with E-state index in [9.17, 15) is 4.79 Å². The van der Waals surface area contributed by atoms with Gasteiger partial charge >= 0.3 is 0 Å². The number of carbonyl (C=O) groups is 1. The van der Waals surface area contributed by atoms with Crippen LogP contribution in [0.15, 0.2) is 54.6 Å². The van der Waals surface area contributed by atoms with Crippen LogP contribution < -0.4 is 10.2 Å². The molecule has 1 saturated heterocycles. The van der Waals surface area contributed by atoms with Gasteiger partial charge in [0.25, 0.3) is 5.91 Å². The van der Waals surface area contributed by atoms with E-state index in [1.807, 2.05) is 37.3 Å². The molecule has 1 unspecified atom stereocenters. The van der Waals surface area contributed by atoms with Crippen molar-refractivity contribution in [3.8, 4) is 0 Å². The highest BCUT2D eigenvalue weighted by atomic mass is 16.5. The van der Waals surface area contributed by atoms with E-state index in [1.165, 1.54) is 5.69 Å². The highest BCUT2D eigenvalue weighted by Gasteiger charge is 2.20. The Morgan fingerprint density at radius 3 is 2.71 bits per heavy atom. The summed E-state index contributed by atoms with van der Waals surface area (Å²) in [6, 6.07) is 18.1. The molecule has 2 aromatic rings. The monoisotopic (exact) mass is 324 g/mol. The SMILES string of the molecule is Cc1ccccc1C(=O)NCCC1CN(c2ccccc2)CCO1. The van der Waals surface area contributed by atoms with Crippen LogP contribution in [-0.4, -0.2) is 38.3 Å². The number of aryl methyl sites for hydroxylation is 1. The van der Waals surface area contributed by atoms with Crippen molar-refractivity contribution in [3.63, 3.8) is 0 Å². The average Bonchev–Trinajstić information content (AvgIpc) is 2.63. The molecule has 1 fully saturated rings. The summed E-state index contributed by atoms with van der Waals surface area (Å²) in [5.41, 5.74) is 2.97. The van der Waals surface area contributed by atoms with Gasteiger partial charge in [0.1, 0.15) is 0 Å². The molecule has 4 nitrogen and oxygen atoms in total. The van der Waals surface area contributed by atoms with Gasteiger partial charge in [-0.15, -0.1) is 0 Å². The molecule has 0 spiro atoms. The van der Waals surface area contributed by atoms with Crippen LogP contribution in [0, 0.1) is 6.92 Å². The molecular formula is C20H24N2O2. The van der Waals surface area contributed by atoms with Gasteiger partial charge in [-0.05, 0) is 37.1 Å². The highest BCUT2D eigenvalue weighted by Crippen LogP contribution is 2.18. The van der Waals surface area contributed by atoms with Crippen LogP contribution in [0.4, 0.5) is 5.69 Å².